The van der Waals surface area contributed by atoms with Gasteiger partial charge in [0, 0.05) is 12.6 Å². The van der Waals surface area contributed by atoms with Crippen LogP contribution in [0, 0.1) is 0 Å². The Labute approximate surface area is 85.1 Å². The van der Waals surface area contributed by atoms with Gasteiger partial charge >= 0.3 is 0 Å². The fourth-order valence-corrected chi connectivity index (χ4v) is 1.42. The summed E-state index contributed by atoms with van der Waals surface area (Å²) in [6.45, 7) is 9.88. The van der Waals surface area contributed by atoms with Crippen molar-refractivity contribution in [1.29, 1.82) is 0 Å². The van der Waals surface area contributed by atoms with Crippen LogP contribution in [-0.2, 0) is 12.0 Å². The lowest BCUT2D eigenvalue weighted by Gasteiger charge is -2.21. The first-order chi connectivity index (χ1) is 6.36. The van der Waals surface area contributed by atoms with Crippen molar-refractivity contribution in [3.05, 3.63) is 17.5 Å². The summed E-state index contributed by atoms with van der Waals surface area (Å²) in [5.74, 6) is 0.0303. The van der Waals surface area contributed by atoms with Gasteiger partial charge in [0.2, 0.25) is 0 Å². The monoisotopic (exact) mass is 194 g/mol. The number of aryl methyl sites for hydroxylation is 1. The zero-order valence-corrected chi connectivity index (χ0v) is 9.59. The van der Waals surface area contributed by atoms with Crippen LogP contribution in [0.1, 0.15) is 50.8 Å². The van der Waals surface area contributed by atoms with Gasteiger partial charge in [0.15, 0.2) is 5.78 Å². The van der Waals surface area contributed by atoms with Crippen molar-refractivity contribution in [3.63, 3.8) is 0 Å². The summed E-state index contributed by atoms with van der Waals surface area (Å²) in [6, 6.07) is 1.88. The van der Waals surface area contributed by atoms with Crippen LogP contribution >= 0.6 is 0 Å². The first-order valence-electron chi connectivity index (χ1n) is 4.96. The molecular weight excluding hydrogens is 176 g/mol. The predicted octanol–water partition coefficient (Wildman–Crippen LogP) is 2.40. The van der Waals surface area contributed by atoms with Crippen LogP contribution in [0.25, 0.3) is 0 Å². The zero-order chi connectivity index (χ0) is 10.9. The van der Waals surface area contributed by atoms with E-state index >= 15 is 0 Å². The molecule has 0 spiro atoms. The number of carbonyl (C=O) groups excluding carboxylic acids is 1. The highest BCUT2D eigenvalue weighted by molar-refractivity contribution is 5.92. The van der Waals surface area contributed by atoms with E-state index in [4.69, 9.17) is 0 Å². The van der Waals surface area contributed by atoms with E-state index in [1.165, 1.54) is 0 Å². The largest absolute Gasteiger partial charge is 0.293 e. The number of Topliss-reactive ketones (excluding diaryl/α,β-unsaturated/α-hetero) is 1. The van der Waals surface area contributed by atoms with Gasteiger partial charge < -0.3 is 0 Å². The lowest BCUT2D eigenvalue weighted by atomic mass is 10.1. The van der Waals surface area contributed by atoms with Crippen LogP contribution in [0.5, 0.6) is 0 Å². The molecule has 0 fully saturated rings. The molecular formula is C11H18N2O. The third kappa shape index (κ3) is 2.03. The fourth-order valence-electron chi connectivity index (χ4n) is 1.42. The van der Waals surface area contributed by atoms with Gasteiger partial charge in [0.1, 0.15) is 5.69 Å². The van der Waals surface area contributed by atoms with E-state index < -0.39 is 0 Å². The average Bonchev–Trinajstić information content (AvgIpc) is 2.46. The first kappa shape index (κ1) is 11.0. The SMILES string of the molecule is CCc1cc(C(C)=O)nn1C(C)(C)C. The number of hydrogen-bond donors (Lipinski definition) is 0. The van der Waals surface area contributed by atoms with Crippen molar-refractivity contribution >= 4 is 5.78 Å². The van der Waals surface area contributed by atoms with Gasteiger partial charge in [-0.05, 0) is 33.3 Å². The molecule has 0 aliphatic rings. The molecule has 78 valence electrons. The summed E-state index contributed by atoms with van der Waals surface area (Å²) in [6.07, 6.45) is 0.900. The van der Waals surface area contributed by atoms with Crippen LogP contribution in [0.3, 0.4) is 0 Å². The molecule has 3 nitrogen and oxygen atoms in total. The van der Waals surface area contributed by atoms with Crippen LogP contribution in [0.15, 0.2) is 6.07 Å². The maximum Gasteiger partial charge on any atom is 0.179 e. The predicted molar refractivity (Wildman–Crippen MR) is 56.6 cm³/mol. The van der Waals surface area contributed by atoms with E-state index in [-0.39, 0.29) is 11.3 Å². The number of aromatic nitrogens is 2. The van der Waals surface area contributed by atoms with Crippen LogP contribution in [0.2, 0.25) is 0 Å². The molecule has 14 heavy (non-hydrogen) atoms. The van der Waals surface area contributed by atoms with Gasteiger partial charge in [-0.15, -0.1) is 0 Å². The summed E-state index contributed by atoms with van der Waals surface area (Å²) >= 11 is 0. The summed E-state index contributed by atoms with van der Waals surface area (Å²) in [5.41, 5.74) is 1.62. The third-order valence-electron chi connectivity index (χ3n) is 2.14. The Kier molecular flexibility index (Phi) is 2.79. The molecule has 0 aliphatic heterocycles. The highest BCUT2D eigenvalue weighted by Gasteiger charge is 2.19. The minimum absolute atomic E-state index is 0.0303. The Bertz CT molecular complexity index is 345. The van der Waals surface area contributed by atoms with Gasteiger partial charge in [-0.25, -0.2) is 0 Å². The fraction of sp³-hybridized carbons (Fsp3) is 0.636. The second-order valence-corrected chi connectivity index (χ2v) is 4.51. The summed E-state index contributed by atoms with van der Waals surface area (Å²) in [7, 11) is 0. The third-order valence-corrected chi connectivity index (χ3v) is 2.14. The zero-order valence-electron chi connectivity index (χ0n) is 9.59. The van der Waals surface area contributed by atoms with Gasteiger partial charge in [0.05, 0.1) is 5.54 Å². The Morgan fingerprint density at radius 2 is 2.07 bits per heavy atom. The van der Waals surface area contributed by atoms with E-state index in [1.54, 1.807) is 6.92 Å². The minimum Gasteiger partial charge on any atom is -0.293 e. The van der Waals surface area contributed by atoms with E-state index in [2.05, 4.69) is 32.8 Å². The molecule has 3 heteroatoms. The maximum absolute atomic E-state index is 11.2. The molecule has 1 heterocycles. The minimum atomic E-state index is -0.0565. The summed E-state index contributed by atoms with van der Waals surface area (Å²) < 4.78 is 1.93. The van der Waals surface area contributed by atoms with Crippen molar-refractivity contribution in [2.24, 2.45) is 0 Å². The van der Waals surface area contributed by atoms with Gasteiger partial charge in [-0.1, -0.05) is 6.92 Å². The molecule has 0 atom stereocenters. The molecule has 1 aromatic rings. The highest BCUT2D eigenvalue weighted by atomic mass is 16.1. The molecule has 0 saturated carbocycles. The van der Waals surface area contributed by atoms with Crippen molar-refractivity contribution < 1.29 is 4.79 Å². The van der Waals surface area contributed by atoms with Gasteiger partial charge in [-0.2, -0.15) is 5.10 Å². The van der Waals surface area contributed by atoms with Crippen molar-refractivity contribution in [3.8, 4) is 0 Å². The molecule has 0 radical (unpaired) electrons. The average molecular weight is 194 g/mol. The van der Waals surface area contributed by atoms with Gasteiger partial charge in [-0.3, -0.25) is 9.48 Å². The Morgan fingerprint density at radius 1 is 1.50 bits per heavy atom. The molecule has 0 aliphatic carbocycles. The number of rotatable bonds is 2. The molecule has 0 N–H and O–H groups in total. The summed E-state index contributed by atoms with van der Waals surface area (Å²) in [4.78, 5) is 11.2. The van der Waals surface area contributed by atoms with Crippen molar-refractivity contribution in [1.82, 2.24) is 9.78 Å². The lowest BCUT2D eigenvalue weighted by Crippen LogP contribution is -2.25. The Hall–Kier alpha value is -1.12. The van der Waals surface area contributed by atoms with E-state index in [0.29, 0.717) is 5.69 Å². The molecule has 0 bridgehead atoms. The number of carbonyl (C=O) groups is 1. The topological polar surface area (TPSA) is 34.9 Å². The second kappa shape index (κ2) is 3.56. The highest BCUT2D eigenvalue weighted by Crippen LogP contribution is 2.18. The normalized spacial score (nSPS) is 11.8. The van der Waals surface area contributed by atoms with Crippen LogP contribution in [-0.4, -0.2) is 15.6 Å². The first-order valence-corrected chi connectivity index (χ1v) is 4.96. The van der Waals surface area contributed by atoms with Gasteiger partial charge in [0.25, 0.3) is 0 Å². The standard InChI is InChI=1S/C11H18N2O/c1-6-9-7-10(8(2)14)12-13(9)11(3,4)5/h7H,6H2,1-5H3. The van der Waals surface area contributed by atoms with E-state index in [1.807, 2.05) is 10.7 Å². The number of ketones is 1. The lowest BCUT2D eigenvalue weighted by molar-refractivity contribution is 0.101. The van der Waals surface area contributed by atoms with Crippen molar-refractivity contribution in [2.45, 2.75) is 46.6 Å². The van der Waals surface area contributed by atoms with Crippen LogP contribution in [0.4, 0.5) is 0 Å². The molecule has 0 saturated heterocycles. The molecule has 0 aromatic carbocycles. The Balaban J connectivity index is 3.22. The molecule has 1 aromatic heterocycles. The quantitative estimate of drug-likeness (QED) is 0.678. The maximum atomic E-state index is 11.2. The van der Waals surface area contributed by atoms with E-state index in [0.717, 1.165) is 12.1 Å². The van der Waals surface area contributed by atoms with Crippen molar-refractivity contribution in [2.75, 3.05) is 0 Å². The smallest absolute Gasteiger partial charge is 0.179 e. The Morgan fingerprint density at radius 3 is 2.36 bits per heavy atom. The molecule has 0 unspecified atom stereocenters. The summed E-state index contributed by atoms with van der Waals surface area (Å²) in [5, 5.41) is 4.32. The second-order valence-electron chi connectivity index (χ2n) is 4.51. The van der Waals surface area contributed by atoms with E-state index in [9.17, 15) is 4.79 Å². The molecule has 1 rings (SSSR count). The van der Waals surface area contributed by atoms with Crippen LogP contribution < -0.4 is 0 Å². The number of nitrogens with zero attached hydrogens (tertiary/aromatic N) is 2. The molecule has 0 amide bonds. The number of hydrogen-bond acceptors (Lipinski definition) is 2.